The van der Waals surface area contributed by atoms with E-state index in [0.29, 0.717) is 28.6 Å². The summed E-state index contributed by atoms with van der Waals surface area (Å²) in [5.74, 6) is 1.36. The lowest BCUT2D eigenvalue weighted by molar-refractivity contribution is 0.101. The summed E-state index contributed by atoms with van der Waals surface area (Å²) < 4.78 is 10.1. The van der Waals surface area contributed by atoms with Crippen LogP contribution in [0.5, 0.6) is 5.75 Å². The van der Waals surface area contributed by atoms with E-state index in [1.807, 2.05) is 73.0 Å². The van der Waals surface area contributed by atoms with Gasteiger partial charge in [0.15, 0.2) is 5.82 Å². The largest absolute Gasteiger partial charge is 0.490 e. The monoisotopic (exact) mass is 486 g/mol. The van der Waals surface area contributed by atoms with Crippen molar-refractivity contribution in [2.45, 2.75) is 39.0 Å². The number of fused-ring (bicyclic) bond motifs is 5. The number of aromatic nitrogens is 6. The fourth-order valence-electron chi connectivity index (χ4n) is 4.18. The van der Waals surface area contributed by atoms with E-state index < -0.39 is 0 Å². The van der Waals surface area contributed by atoms with E-state index in [9.17, 15) is 4.79 Å². The number of pyridine rings is 1. The number of nitrogens with one attached hydrogen (secondary N) is 1. The van der Waals surface area contributed by atoms with Crippen LogP contribution in [0.25, 0.3) is 22.6 Å². The Morgan fingerprint density at radius 2 is 2.08 bits per heavy atom. The molecule has 0 spiro atoms. The summed E-state index contributed by atoms with van der Waals surface area (Å²) in [5.41, 5.74) is 2.95. The van der Waals surface area contributed by atoms with E-state index >= 15 is 0 Å². The van der Waals surface area contributed by atoms with Crippen molar-refractivity contribution in [2.75, 3.05) is 26.0 Å². The van der Waals surface area contributed by atoms with Crippen molar-refractivity contribution in [1.82, 2.24) is 34.4 Å². The van der Waals surface area contributed by atoms with E-state index in [2.05, 4.69) is 30.5 Å². The number of likely N-dealkylation sites (N-methyl/N-ethyl adjacent to an activating group) is 1. The maximum atomic E-state index is 13.5. The van der Waals surface area contributed by atoms with E-state index in [-0.39, 0.29) is 12.0 Å². The summed E-state index contributed by atoms with van der Waals surface area (Å²) in [6, 6.07) is 11.2. The SMILES string of the molecule is CC1CCCn2cnnc2-c2cccc(n2)NC(=O)c2cc(-c3cnn(CCN(C)C)c3)ccc2O1. The Morgan fingerprint density at radius 1 is 1.19 bits per heavy atom. The zero-order chi connectivity index (χ0) is 25.1. The van der Waals surface area contributed by atoms with Gasteiger partial charge < -0.3 is 19.5 Å². The molecule has 2 bridgehead atoms. The van der Waals surface area contributed by atoms with Crippen molar-refractivity contribution >= 4 is 11.7 Å². The molecule has 10 heteroatoms. The normalized spacial score (nSPS) is 16.0. The molecule has 1 aliphatic rings. The third-order valence-electron chi connectivity index (χ3n) is 6.14. The van der Waals surface area contributed by atoms with Crippen molar-refractivity contribution in [3.05, 3.63) is 60.7 Å². The van der Waals surface area contributed by atoms with Crippen LogP contribution in [0.4, 0.5) is 5.82 Å². The number of amides is 1. The van der Waals surface area contributed by atoms with Gasteiger partial charge in [-0.15, -0.1) is 10.2 Å². The third-order valence-corrected chi connectivity index (χ3v) is 6.14. The van der Waals surface area contributed by atoms with Crippen LogP contribution in [0.3, 0.4) is 0 Å². The Kier molecular flexibility index (Phi) is 6.77. The minimum atomic E-state index is -0.290. The molecule has 0 fully saturated rings. The average molecular weight is 487 g/mol. The molecule has 10 nitrogen and oxygen atoms in total. The number of nitrogens with zero attached hydrogens (tertiary/aromatic N) is 7. The Hall–Kier alpha value is -4.05. The zero-order valence-corrected chi connectivity index (χ0v) is 20.8. The molecule has 1 atom stereocenters. The molecule has 1 amide bonds. The first-order valence-corrected chi connectivity index (χ1v) is 12.1. The number of benzene rings is 1. The topological polar surface area (TPSA) is 103 Å². The number of rotatable bonds is 4. The van der Waals surface area contributed by atoms with Gasteiger partial charge in [-0.2, -0.15) is 5.10 Å². The van der Waals surface area contributed by atoms with Crippen LogP contribution in [0.1, 0.15) is 30.1 Å². The van der Waals surface area contributed by atoms with Crippen LogP contribution >= 0.6 is 0 Å². The number of hydrogen-bond donors (Lipinski definition) is 1. The molecular weight excluding hydrogens is 456 g/mol. The highest BCUT2D eigenvalue weighted by Crippen LogP contribution is 2.29. The highest BCUT2D eigenvalue weighted by atomic mass is 16.5. The number of aryl methyl sites for hydroxylation is 1. The van der Waals surface area contributed by atoms with Gasteiger partial charge in [0.05, 0.1) is 24.4 Å². The molecule has 0 saturated heterocycles. The molecular formula is C26H30N8O2. The molecule has 1 aromatic carbocycles. The molecule has 5 rings (SSSR count). The summed E-state index contributed by atoms with van der Waals surface area (Å²) in [6.07, 6.45) is 7.14. The van der Waals surface area contributed by atoms with E-state index in [1.54, 1.807) is 12.4 Å². The minimum absolute atomic E-state index is 0.0741. The molecule has 1 N–H and O–H groups in total. The number of carbonyl (C=O) groups excluding carboxylic acids is 1. The smallest absolute Gasteiger partial charge is 0.260 e. The second-order valence-electron chi connectivity index (χ2n) is 9.29. The highest BCUT2D eigenvalue weighted by Gasteiger charge is 2.19. The van der Waals surface area contributed by atoms with E-state index in [4.69, 9.17) is 4.74 Å². The lowest BCUT2D eigenvalue weighted by atomic mass is 10.0. The highest BCUT2D eigenvalue weighted by molar-refractivity contribution is 6.06. The first kappa shape index (κ1) is 23.7. The van der Waals surface area contributed by atoms with Crippen LogP contribution in [0, 0.1) is 0 Å². The molecule has 1 unspecified atom stereocenters. The van der Waals surface area contributed by atoms with Gasteiger partial charge in [0.25, 0.3) is 5.91 Å². The maximum Gasteiger partial charge on any atom is 0.260 e. The summed E-state index contributed by atoms with van der Waals surface area (Å²) in [5, 5.41) is 15.7. The molecule has 4 heterocycles. The van der Waals surface area contributed by atoms with E-state index in [0.717, 1.165) is 43.6 Å². The zero-order valence-electron chi connectivity index (χ0n) is 20.8. The van der Waals surface area contributed by atoms with Gasteiger partial charge in [0.2, 0.25) is 0 Å². The summed E-state index contributed by atoms with van der Waals surface area (Å²) in [4.78, 5) is 20.2. The second-order valence-corrected chi connectivity index (χ2v) is 9.29. The van der Waals surface area contributed by atoms with Crippen molar-refractivity contribution in [1.29, 1.82) is 0 Å². The van der Waals surface area contributed by atoms with Crippen LogP contribution in [0.2, 0.25) is 0 Å². The fraction of sp³-hybridized carbons (Fsp3) is 0.346. The van der Waals surface area contributed by atoms with Crippen molar-refractivity contribution < 1.29 is 9.53 Å². The third kappa shape index (κ3) is 5.28. The second kappa shape index (κ2) is 10.3. The van der Waals surface area contributed by atoms with Crippen molar-refractivity contribution in [3.8, 4) is 28.4 Å². The van der Waals surface area contributed by atoms with Crippen molar-refractivity contribution in [3.63, 3.8) is 0 Å². The standard InChI is InChI=1S/C26H30N8O2/c1-18-6-5-11-33-17-27-31-25(33)22-7-4-8-24(29-22)30-26(35)21-14-19(9-10-23(21)36-18)20-15-28-34(16-20)13-12-32(2)3/h4,7-10,14-18H,5-6,11-13H2,1-3H3,(H,29,30,35). The summed E-state index contributed by atoms with van der Waals surface area (Å²) >= 11 is 0. The van der Waals surface area contributed by atoms with Gasteiger partial charge in [-0.1, -0.05) is 12.1 Å². The Morgan fingerprint density at radius 3 is 2.94 bits per heavy atom. The predicted octanol–water partition coefficient (Wildman–Crippen LogP) is 3.58. The van der Waals surface area contributed by atoms with Gasteiger partial charge in [0, 0.05) is 24.8 Å². The first-order valence-electron chi connectivity index (χ1n) is 12.1. The molecule has 3 aromatic heterocycles. The molecule has 1 aliphatic heterocycles. The molecule has 0 radical (unpaired) electrons. The van der Waals surface area contributed by atoms with E-state index in [1.165, 1.54) is 0 Å². The van der Waals surface area contributed by atoms with Gasteiger partial charge in [0.1, 0.15) is 23.6 Å². The average Bonchev–Trinajstić information content (AvgIpc) is 3.52. The van der Waals surface area contributed by atoms with Gasteiger partial charge in [-0.05, 0) is 63.7 Å². The van der Waals surface area contributed by atoms with Crippen LogP contribution in [-0.4, -0.2) is 67.1 Å². The summed E-state index contributed by atoms with van der Waals surface area (Å²) in [6.45, 7) is 4.45. The van der Waals surface area contributed by atoms with Gasteiger partial charge in [-0.25, -0.2) is 4.98 Å². The fourth-order valence-corrected chi connectivity index (χ4v) is 4.18. The number of anilines is 1. The molecule has 0 saturated carbocycles. The molecule has 36 heavy (non-hydrogen) atoms. The van der Waals surface area contributed by atoms with Gasteiger partial charge in [-0.3, -0.25) is 9.48 Å². The van der Waals surface area contributed by atoms with Crippen LogP contribution in [-0.2, 0) is 13.1 Å². The Bertz CT molecular complexity index is 1360. The predicted molar refractivity (Wildman–Crippen MR) is 137 cm³/mol. The molecule has 0 aliphatic carbocycles. The Labute approximate surface area is 209 Å². The Balaban J connectivity index is 1.49. The lowest BCUT2D eigenvalue weighted by Gasteiger charge is -2.19. The maximum absolute atomic E-state index is 13.5. The number of hydrogen-bond acceptors (Lipinski definition) is 7. The van der Waals surface area contributed by atoms with Crippen LogP contribution in [0.15, 0.2) is 55.1 Å². The molecule has 186 valence electrons. The number of ether oxygens (including phenoxy) is 1. The van der Waals surface area contributed by atoms with Gasteiger partial charge >= 0.3 is 0 Å². The minimum Gasteiger partial charge on any atom is -0.490 e. The molecule has 4 aromatic rings. The first-order chi connectivity index (χ1) is 17.5. The quantitative estimate of drug-likeness (QED) is 0.470. The number of carbonyl (C=O) groups is 1. The lowest BCUT2D eigenvalue weighted by Crippen LogP contribution is -2.19. The van der Waals surface area contributed by atoms with Crippen molar-refractivity contribution in [2.24, 2.45) is 0 Å². The summed E-state index contributed by atoms with van der Waals surface area (Å²) in [7, 11) is 4.07. The van der Waals surface area contributed by atoms with Crippen LogP contribution < -0.4 is 10.1 Å².